The van der Waals surface area contributed by atoms with Gasteiger partial charge in [-0.2, -0.15) is 0 Å². The molecule has 2 unspecified atom stereocenters. The summed E-state index contributed by atoms with van der Waals surface area (Å²) in [5, 5.41) is 3.83. The van der Waals surface area contributed by atoms with Crippen LogP contribution in [0.3, 0.4) is 0 Å². The van der Waals surface area contributed by atoms with Crippen molar-refractivity contribution in [3.05, 3.63) is 0 Å². The van der Waals surface area contributed by atoms with Gasteiger partial charge in [0, 0.05) is 51.4 Å². The van der Waals surface area contributed by atoms with Gasteiger partial charge in [-0.05, 0) is 31.6 Å². The van der Waals surface area contributed by atoms with Gasteiger partial charge < -0.3 is 5.32 Å². The lowest BCUT2D eigenvalue weighted by Gasteiger charge is -2.38. The Morgan fingerprint density at radius 2 is 1.52 bits per heavy atom. The topological polar surface area (TPSA) is 18.5 Å². The molecule has 2 aliphatic carbocycles. The van der Waals surface area contributed by atoms with Gasteiger partial charge in [0.1, 0.15) is 0 Å². The lowest BCUT2D eigenvalue weighted by molar-refractivity contribution is 0.0969. The fourth-order valence-electron chi connectivity index (χ4n) is 4.65. The van der Waals surface area contributed by atoms with Crippen molar-refractivity contribution in [3.8, 4) is 0 Å². The van der Waals surface area contributed by atoms with Crippen molar-refractivity contribution in [1.82, 2.24) is 15.1 Å². The van der Waals surface area contributed by atoms with Gasteiger partial charge in [-0.1, -0.05) is 32.6 Å². The van der Waals surface area contributed by atoms with Crippen molar-refractivity contribution in [2.75, 3.05) is 39.3 Å². The van der Waals surface area contributed by atoms with Gasteiger partial charge >= 0.3 is 0 Å². The van der Waals surface area contributed by atoms with Crippen LogP contribution in [0.4, 0.5) is 0 Å². The van der Waals surface area contributed by atoms with E-state index < -0.39 is 0 Å². The highest BCUT2D eigenvalue weighted by Crippen LogP contribution is 2.25. The van der Waals surface area contributed by atoms with Crippen molar-refractivity contribution in [2.45, 2.75) is 70.4 Å². The third-order valence-corrected chi connectivity index (χ3v) is 6.19. The van der Waals surface area contributed by atoms with Crippen LogP contribution < -0.4 is 5.32 Å². The molecule has 0 aromatic rings. The predicted molar refractivity (Wildman–Crippen MR) is 89.7 cm³/mol. The molecule has 0 spiro atoms. The Labute approximate surface area is 131 Å². The van der Waals surface area contributed by atoms with Gasteiger partial charge in [0.25, 0.3) is 0 Å². The quantitative estimate of drug-likeness (QED) is 0.841. The van der Waals surface area contributed by atoms with Crippen LogP contribution in [0, 0.1) is 5.92 Å². The number of nitrogens with zero attached hydrogens (tertiary/aromatic N) is 2. The molecule has 3 fully saturated rings. The molecule has 0 aromatic carbocycles. The Balaban J connectivity index is 1.30. The molecule has 3 heteroatoms. The first-order chi connectivity index (χ1) is 10.3. The summed E-state index contributed by atoms with van der Waals surface area (Å²) in [6.45, 7) is 10.1. The average molecular weight is 293 g/mol. The molecule has 0 bridgehead atoms. The maximum Gasteiger partial charge on any atom is 0.0113 e. The van der Waals surface area contributed by atoms with Gasteiger partial charge in [-0.3, -0.25) is 9.80 Å². The molecule has 3 aliphatic rings. The van der Waals surface area contributed by atoms with Crippen LogP contribution in [-0.2, 0) is 0 Å². The number of piperazine rings is 1. The summed E-state index contributed by atoms with van der Waals surface area (Å²) < 4.78 is 0. The van der Waals surface area contributed by atoms with E-state index in [1.54, 1.807) is 0 Å². The minimum Gasteiger partial charge on any atom is -0.312 e. The Kier molecular flexibility index (Phi) is 5.96. The predicted octanol–water partition coefficient (Wildman–Crippen LogP) is 2.71. The van der Waals surface area contributed by atoms with Crippen LogP contribution in [0.1, 0.15) is 58.3 Å². The molecule has 1 N–H and O–H groups in total. The van der Waals surface area contributed by atoms with E-state index in [9.17, 15) is 0 Å². The zero-order valence-corrected chi connectivity index (χ0v) is 14.0. The molecule has 0 aromatic heterocycles. The van der Waals surface area contributed by atoms with E-state index in [1.807, 2.05) is 0 Å². The summed E-state index contributed by atoms with van der Waals surface area (Å²) in [5.74, 6) is 0.887. The zero-order chi connectivity index (χ0) is 14.5. The Bertz CT molecular complexity index is 293. The summed E-state index contributed by atoms with van der Waals surface area (Å²) in [6, 6.07) is 1.71. The molecule has 0 radical (unpaired) electrons. The number of hydrogen-bond donors (Lipinski definition) is 1. The first-order valence-corrected chi connectivity index (χ1v) is 9.53. The fourth-order valence-corrected chi connectivity index (χ4v) is 4.65. The Morgan fingerprint density at radius 3 is 2.24 bits per heavy atom. The van der Waals surface area contributed by atoms with Gasteiger partial charge in [-0.25, -0.2) is 0 Å². The lowest BCUT2D eigenvalue weighted by atomic mass is 9.86. The van der Waals surface area contributed by atoms with Crippen molar-refractivity contribution >= 4 is 0 Å². The summed E-state index contributed by atoms with van der Waals surface area (Å²) in [7, 11) is 0. The van der Waals surface area contributed by atoms with Crippen molar-refractivity contribution in [1.29, 1.82) is 0 Å². The summed E-state index contributed by atoms with van der Waals surface area (Å²) in [5.41, 5.74) is 0. The maximum atomic E-state index is 3.83. The van der Waals surface area contributed by atoms with E-state index in [1.165, 1.54) is 90.6 Å². The molecular formula is C18H35N3. The molecule has 1 saturated heterocycles. The monoisotopic (exact) mass is 293 g/mol. The normalized spacial score (nSPS) is 33.6. The number of hydrogen-bond acceptors (Lipinski definition) is 3. The average Bonchev–Trinajstić information content (AvgIpc) is 3.04. The van der Waals surface area contributed by atoms with Gasteiger partial charge in [0.15, 0.2) is 0 Å². The minimum absolute atomic E-state index is 0.790. The third kappa shape index (κ3) is 4.43. The van der Waals surface area contributed by atoms with E-state index >= 15 is 0 Å². The second-order valence-corrected chi connectivity index (χ2v) is 7.64. The second kappa shape index (κ2) is 7.94. The van der Waals surface area contributed by atoms with Crippen LogP contribution in [0.5, 0.6) is 0 Å². The standard InChI is InChI=1S/C18H35N3/c1-16-6-2-5-9-18(16)19-10-11-20-12-14-21(15-13-20)17-7-3-4-8-17/h16-19H,2-15H2,1H3. The van der Waals surface area contributed by atoms with Gasteiger partial charge in [0.2, 0.25) is 0 Å². The first kappa shape index (κ1) is 15.8. The van der Waals surface area contributed by atoms with E-state index in [-0.39, 0.29) is 0 Å². The molecule has 0 amide bonds. The molecule has 2 saturated carbocycles. The van der Waals surface area contributed by atoms with Crippen molar-refractivity contribution in [3.63, 3.8) is 0 Å². The van der Waals surface area contributed by atoms with E-state index in [4.69, 9.17) is 0 Å². The van der Waals surface area contributed by atoms with Crippen LogP contribution in [-0.4, -0.2) is 61.2 Å². The van der Waals surface area contributed by atoms with Crippen LogP contribution >= 0.6 is 0 Å². The third-order valence-electron chi connectivity index (χ3n) is 6.19. The minimum atomic E-state index is 0.790. The molecule has 1 aliphatic heterocycles. The largest absolute Gasteiger partial charge is 0.312 e. The van der Waals surface area contributed by atoms with Gasteiger partial charge in [-0.15, -0.1) is 0 Å². The SMILES string of the molecule is CC1CCCCC1NCCN1CCN(C2CCCC2)CC1. The van der Waals surface area contributed by atoms with Crippen LogP contribution in [0.2, 0.25) is 0 Å². The highest BCUT2D eigenvalue weighted by Gasteiger charge is 2.26. The molecule has 21 heavy (non-hydrogen) atoms. The fraction of sp³-hybridized carbons (Fsp3) is 1.00. The molecule has 2 atom stereocenters. The van der Waals surface area contributed by atoms with Crippen molar-refractivity contribution in [2.24, 2.45) is 5.92 Å². The Hall–Kier alpha value is -0.120. The lowest BCUT2D eigenvalue weighted by Crippen LogP contribution is -2.51. The summed E-state index contributed by atoms with van der Waals surface area (Å²) in [6.07, 6.45) is 11.6. The smallest absolute Gasteiger partial charge is 0.0113 e. The molecular weight excluding hydrogens is 258 g/mol. The van der Waals surface area contributed by atoms with E-state index in [2.05, 4.69) is 22.0 Å². The second-order valence-electron chi connectivity index (χ2n) is 7.64. The number of nitrogens with one attached hydrogen (secondary N) is 1. The first-order valence-electron chi connectivity index (χ1n) is 9.53. The highest BCUT2D eigenvalue weighted by molar-refractivity contribution is 4.83. The Morgan fingerprint density at radius 1 is 0.857 bits per heavy atom. The maximum absolute atomic E-state index is 3.83. The number of rotatable bonds is 5. The highest BCUT2D eigenvalue weighted by atomic mass is 15.3. The van der Waals surface area contributed by atoms with Crippen molar-refractivity contribution < 1.29 is 0 Å². The molecule has 3 nitrogen and oxygen atoms in total. The molecule has 1 heterocycles. The summed E-state index contributed by atoms with van der Waals surface area (Å²) >= 11 is 0. The molecule has 122 valence electrons. The zero-order valence-electron chi connectivity index (χ0n) is 14.0. The van der Waals surface area contributed by atoms with Crippen LogP contribution in [0.25, 0.3) is 0 Å². The van der Waals surface area contributed by atoms with E-state index in [0.29, 0.717) is 0 Å². The van der Waals surface area contributed by atoms with E-state index in [0.717, 1.165) is 18.0 Å². The molecule has 3 rings (SSSR count). The van der Waals surface area contributed by atoms with Gasteiger partial charge in [0.05, 0.1) is 0 Å². The summed E-state index contributed by atoms with van der Waals surface area (Å²) in [4.78, 5) is 5.44. The van der Waals surface area contributed by atoms with Crippen LogP contribution in [0.15, 0.2) is 0 Å².